The molecule has 2 rings (SSSR count). The molecule has 0 aliphatic heterocycles. The zero-order chi connectivity index (χ0) is 14.5. The molecule has 0 amide bonds. The van der Waals surface area contributed by atoms with E-state index in [1.807, 2.05) is 31.2 Å². The van der Waals surface area contributed by atoms with Gasteiger partial charge in [0, 0.05) is 12.6 Å². The van der Waals surface area contributed by atoms with Crippen molar-refractivity contribution < 1.29 is 13.5 Å². The summed E-state index contributed by atoms with van der Waals surface area (Å²) in [6, 6.07) is 9.76. The van der Waals surface area contributed by atoms with Crippen LogP contribution in [0.2, 0.25) is 0 Å². The Hall–Kier alpha value is -1.62. The number of benzene rings is 2. The second kappa shape index (κ2) is 6.70. The molecule has 0 spiro atoms. The quantitative estimate of drug-likeness (QED) is 0.793. The Bertz CT molecular complexity index is 604. The molecule has 1 N–H and O–H groups in total. The zero-order valence-electron chi connectivity index (χ0n) is 10.9. The summed E-state index contributed by atoms with van der Waals surface area (Å²) in [6.45, 7) is 2.93. The van der Waals surface area contributed by atoms with Crippen LogP contribution >= 0.6 is 15.9 Å². The summed E-state index contributed by atoms with van der Waals surface area (Å²) in [6.07, 6.45) is 0. The van der Waals surface area contributed by atoms with Gasteiger partial charge in [-0.05, 0) is 46.6 Å². The highest BCUT2D eigenvalue weighted by molar-refractivity contribution is 9.10. The lowest BCUT2D eigenvalue weighted by Crippen LogP contribution is -2.02. The molecule has 0 unspecified atom stereocenters. The Balaban J connectivity index is 2.08. The first-order valence-corrected chi connectivity index (χ1v) is 6.99. The third kappa shape index (κ3) is 3.70. The van der Waals surface area contributed by atoms with Crippen LogP contribution in [0.3, 0.4) is 0 Å². The average Bonchev–Trinajstić information content (AvgIpc) is 2.42. The summed E-state index contributed by atoms with van der Waals surface area (Å²) in [5, 5.41) is 2.94. The van der Waals surface area contributed by atoms with Crippen molar-refractivity contribution in [3.05, 3.63) is 58.1 Å². The van der Waals surface area contributed by atoms with Crippen LogP contribution in [0.15, 0.2) is 40.9 Å². The fraction of sp³-hybridized carbons (Fsp3) is 0.200. The lowest BCUT2D eigenvalue weighted by molar-refractivity contribution is 0.340. The van der Waals surface area contributed by atoms with Gasteiger partial charge in [0.05, 0.1) is 16.8 Å². The third-order valence-electron chi connectivity index (χ3n) is 2.70. The first-order chi connectivity index (χ1) is 9.60. The number of rotatable bonds is 5. The van der Waals surface area contributed by atoms with E-state index in [0.717, 1.165) is 17.4 Å². The van der Waals surface area contributed by atoms with Gasteiger partial charge in [0.15, 0.2) is 0 Å². The van der Waals surface area contributed by atoms with E-state index in [9.17, 15) is 8.78 Å². The number of ether oxygens (including phenoxy) is 1. The monoisotopic (exact) mass is 341 g/mol. The zero-order valence-corrected chi connectivity index (χ0v) is 12.5. The summed E-state index contributed by atoms with van der Waals surface area (Å²) >= 11 is 3.04. The van der Waals surface area contributed by atoms with Crippen LogP contribution < -0.4 is 10.1 Å². The van der Waals surface area contributed by atoms with Crippen molar-refractivity contribution in [2.45, 2.75) is 13.5 Å². The predicted octanol–water partition coefficient (Wildman–Crippen LogP) is 4.74. The molecule has 0 aromatic heterocycles. The topological polar surface area (TPSA) is 21.3 Å². The lowest BCUT2D eigenvalue weighted by Gasteiger charge is -2.10. The molecule has 0 saturated heterocycles. The first-order valence-electron chi connectivity index (χ1n) is 6.20. The minimum absolute atomic E-state index is 0.226. The van der Waals surface area contributed by atoms with Gasteiger partial charge in [-0.2, -0.15) is 0 Å². The molecule has 2 aromatic rings. The van der Waals surface area contributed by atoms with Crippen LogP contribution in [-0.4, -0.2) is 6.61 Å². The van der Waals surface area contributed by atoms with Crippen molar-refractivity contribution in [2.75, 3.05) is 11.9 Å². The number of anilines is 1. The normalized spacial score (nSPS) is 10.4. The summed E-state index contributed by atoms with van der Waals surface area (Å²) in [5.41, 5.74) is 1.20. The molecule has 2 nitrogen and oxygen atoms in total. The molecule has 5 heteroatoms. The van der Waals surface area contributed by atoms with Gasteiger partial charge >= 0.3 is 0 Å². The minimum Gasteiger partial charge on any atom is -0.494 e. The maximum absolute atomic E-state index is 13.6. The van der Waals surface area contributed by atoms with Gasteiger partial charge < -0.3 is 10.1 Å². The number of hydrogen-bond acceptors (Lipinski definition) is 2. The molecule has 106 valence electrons. The van der Waals surface area contributed by atoms with Crippen LogP contribution in [0.5, 0.6) is 5.75 Å². The van der Waals surface area contributed by atoms with Crippen LogP contribution in [0, 0.1) is 11.6 Å². The number of nitrogens with one attached hydrogen (secondary N) is 1. The number of halogens is 3. The maximum Gasteiger partial charge on any atom is 0.149 e. The van der Waals surface area contributed by atoms with E-state index in [4.69, 9.17) is 4.74 Å². The highest BCUT2D eigenvalue weighted by atomic mass is 79.9. The van der Waals surface area contributed by atoms with Crippen LogP contribution in [0.1, 0.15) is 12.5 Å². The van der Waals surface area contributed by atoms with Crippen molar-refractivity contribution in [2.24, 2.45) is 0 Å². The Morgan fingerprint density at radius 3 is 2.70 bits per heavy atom. The van der Waals surface area contributed by atoms with Crippen molar-refractivity contribution >= 4 is 21.6 Å². The largest absolute Gasteiger partial charge is 0.494 e. The molecule has 0 saturated carbocycles. The fourth-order valence-electron chi connectivity index (χ4n) is 1.77. The molecule has 2 aromatic carbocycles. The van der Waals surface area contributed by atoms with Crippen molar-refractivity contribution in [3.63, 3.8) is 0 Å². The second-order valence-electron chi connectivity index (χ2n) is 4.18. The van der Waals surface area contributed by atoms with E-state index in [1.54, 1.807) is 0 Å². The molecular formula is C15H14BrF2NO. The number of hydrogen-bond donors (Lipinski definition) is 1. The molecule has 0 atom stereocenters. The Morgan fingerprint density at radius 1 is 1.15 bits per heavy atom. The van der Waals surface area contributed by atoms with E-state index in [1.165, 1.54) is 6.07 Å². The Morgan fingerprint density at radius 2 is 1.95 bits per heavy atom. The lowest BCUT2D eigenvalue weighted by atomic mass is 10.2. The first kappa shape index (κ1) is 14.8. The van der Waals surface area contributed by atoms with Crippen LogP contribution in [-0.2, 0) is 6.54 Å². The molecular weight excluding hydrogens is 328 g/mol. The molecule has 0 bridgehead atoms. The van der Waals surface area contributed by atoms with Crippen molar-refractivity contribution in [1.82, 2.24) is 0 Å². The molecule has 0 aliphatic rings. The van der Waals surface area contributed by atoms with E-state index in [0.29, 0.717) is 13.2 Å². The van der Waals surface area contributed by atoms with E-state index in [2.05, 4.69) is 21.2 Å². The Kier molecular flexibility index (Phi) is 4.95. The van der Waals surface area contributed by atoms with Crippen molar-refractivity contribution in [3.8, 4) is 5.75 Å². The summed E-state index contributed by atoms with van der Waals surface area (Å²) in [7, 11) is 0. The van der Waals surface area contributed by atoms with Gasteiger partial charge in [0.25, 0.3) is 0 Å². The SMILES string of the molecule is CCOc1cccc(CNc2cc(Br)c(F)cc2F)c1. The smallest absolute Gasteiger partial charge is 0.149 e. The van der Waals surface area contributed by atoms with Crippen LogP contribution in [0.4, 0.5) is 14.5 Å². The fourth-order valence-corrected chi connectivity index (χ4v) is 2.11. The highest BCUT2D eigenvalue weighted by Gasteiger charge is 2.08. The van der Waals surface area contributed by atoms with E-state index in [-0.39, 0.29) is 10.2 Å². The standard InChI is InChI=1S/C15H14BrF2NO/c1-2-20-11-5-3-4-10(6-11)9-19-15-7-12(16)13(17)8-14(15)18/h3-8,19H,2,9H2,1H3. The highest BCUT2D eigenvalue weighted by Crippen LogP contribution is 2.24. The summed E-state index contributed by atoms with van der Waals surface area (Å²) in [4.78, 5) is 0. The van der Waals surface area contributed by atoms with Gasteiger partial charge in [0.2, 0.25) is 0 Å². The molecule has 0 aliphatic carbocycles. The molecule has 0 fully saturated rings. The van der Waals surface area contributed by atoms with Gasteiger partial charge in [-0.1, -0.05) is 12.1 Å². The summed E-state index contributed by atoms with van der Waals surface area (Å²) < 4.78 is 32.3. The van der Waals surface area contributed by atoms with Gasteiger partial charge in [-0.15, -0.1) is 0 Å². The van der Waals surface area contributed by atoms with E-state index < -0.39 is 11.6 Å². The average molecular weight is 342 g/mol. The predicted molar refractivity (Wildman–Crippen MR) is 79.0 cm³/mol. The second-order valence-corrected chi connectivity index (χ2v) is 5.03. The van der Waals surface area contributed by atoms with Gasteiger partial charge in [-0.3, -0.25) is 0 Å². The van der Waals surface area contributed by atoms with Crippen LogP contribution in [0.25, 0.3) is 0 Å². The summed E-state index contributed by atoms with van der Waals surface area (Å²) in [5.74, 6) is -0.467. The van der Waals surface area contributed by atoms with E-state index >= 15 is 0 Å². The maximum atomic E-state index is 13.6. The minimum atomic E-state index is -0.619. The third-order valence-corrected chi connectivity index (χ3v) is 3.31. The molecule has 0 radical (unpaired) electrons. The Labute approximate surface area is 124 Å². The van der Waals surface area contributed by atoms with Gasteiger partial charge in [0.1, 0.15) is 17.4 Å². The molecule has 20 heavy (non-hydrogen) atoms. The molecule has 0 heterocycles. The van der Waals surface area contributed by atoms with Crippen molar-refractivity contribution in [1.29, 1.82) is 0 Å². The van der Waals surface area contributed by atoms with Gasteiger partial charge in [-0.25, -0.2) is 8.78 Å².